The van der Waals surface area contributed by atoms with Gasteiger partial charge in [-0.3, -0.25) is 14.6 Å². The molecule has 0 radical (unpaired) electrons. The molecule has 1 unspecified atom stereocenters. The van der Waals surface area contributed by atoms with Crippen molar-refractivity contribution in [1.29, 1.82) is 0 Å². The highest BCUT2D eigenvalue weighted by atomic mass is 19.4. The summed E-state index contributed by atoms with van der Waals surface area (Å²) in [5.74, 6) is 5.20. The largest absolute Gasteiger partial charge is 0.416 e. The monoisotopic (exact) mass is 515 g/mol. The van der Waals surface area contributed by atoms with Crippen molar-refractivity contribution in [3.63, 3.8) is 0 Å². The minimum atomic E-state index is -4.46. The zero-order valence-corrected chi connectivity index (χ0v) is 20.6. The van der Waals surface area contributed by atoms with Gasteiger partial charge in [0, 0.05) is 31.8 Å². The summed E-state index contributed by atoms with van der Waals surface area (Å²) in [6.45, 7) is 2.38. The first-order valence-corrected chi connectivity index (χ1v) is 11.5. The standard InChI is InChI=1S/C26H29F3N6O2/c1-16-20-6-4-3-5-18(20)13-21(16)24(36)33-11-12-35(31)15-22(30)25(37)34-23(14-32-2)17-7-9-19(10-8-17)26(27,28)29/h3-10,14-15,23H,11-13,30-31H2,1-2H3,(H,33,36)(H,34,37)/p+1/b22-15-,32-14?. The Bertz CT molecular complexity index is 1240. The molecule has 1 atom stereocenters. The van der Waals surface area contributed by atoms with Gasteiger partial charge in [0.2, 0.25) is 11.6 Å². The summed E-state index contributed by atoms with van der Waals surface area (Å²) in [7, 11) is 1.49. The topological polar surface area (TPSA) is 127 Å². The molecule has 0 heterocycles. The van der Waals surface area contributed by atoms with Crippen LogP contribution in [0.3, 0.4) is 0 Å². The normalized spacial score (nSPS) is 14.5. The number of rotatable bonds is 9. The van der Waals surface area contributed by atoms with Crippen LogP contribution in [-0.4, -0.2) is 43.2 Å². The minimum Gasteiger partial charge on any atom is -0.350 e. The van der Waals surface area contributed by atoms with E-state index in [0.717, 1.165) is 28.8 Å². The van der Waals surface area contributed by atoms with E-state index in [1.54, 1.807) is 0 Å². The van der Waals surface area contributed by atoms with Crippen molar-refractivity contribution in [3.8, 4) is 0 Å². The maximum atomic E-state index is 12.8. The molecular weight excluding hydrogens is 485 g/mol. The van der Waals surface area contributed by atoms with Crippen molar-refractivity contribution in [2.45, 2.75) is 25.6 Å². The number of benzene rings is 2. The third-order valence-electron chi connectivity index (χ3n) is 5.97. The lowest BCUT2D eigenvalue weighted by molar-refractivity contribution is -0.300. The van der Waals surface area contributed by atoms with Crippen molar-refractivity contribution in [3.05, 3.63) is 88.3 Å². The second kappa shape index (κ2) is 11.8. The molecule has 8 nitrogen and oxygen atoms in total. The Labute approximate surface area is 212 Å². The van der Waals surface area contributed by atoms with E-state index in [1.165, 1.54) is 36.6 Å². The third kappa shape index (κ3) is 7.05. The van der Waals surface area contributed by atoms with Gasteiger partial charge in [0.1, 0.15) is 0 Å². The van der Waals surface area contributed by atoms with Crippen LogP contribution in [0.1, 0.15) is 35.2 Å². The van der Waals surface area contributed by atoms with Crippen LogP contribution in [0.15, 0.2) is 71.0 Å². The van der Waals surface area contributed by atoms with Crippen LogP contribution in [-0.2, 0) is 22.2 Å². The summed E-state index contributed by atoms with van der Waals surface area (Å²) >= 11 is 0. The Morgan fingerprint density at radius 3 is 2.49 bits per heavy atom. The van der Waals surface area contributed by atoms with Crippen molar-refractivity contribution in [1.82, 2.24) is 15.6 Å². The van der Waals surface area contributed by atoms with Crippen LogP contribution >= 0.6 is 0 Å². The van der Waals surface area contributed by atoms with Gasteiger partial charge < -0.3 is 21.4 Å². The van der Waals surface area contributed by atoms with Crippen LogP contribution < -0.4 is 22.2 Å². The molecular formula is C26H30F3N6O2+. The molecule has 0 aliphatic heterocycles. The number of hydrogen-bond donors (Lipinski definition) is 4. The van der Waals surface area contributed by atoms with Crippen molar-refractivity contribution in [2.75, 3.05) is 20.1 Å². The second-order valence-electron chi connectivity index (χ2n) is 8.56. The van der Waals surface area contributed by atoms with Crippen molar-refractivity contribution >= 4 is 23.6 Å². The zero-order valence-electron chi connectivity index (χ0n) is 20.6. The Balaban J connectivity index is 1.53. The van der Waals surface area contributed by atoms with Crippen LogP contribution in [0.25, 0.3) is 5.57 Å². The maximum absolute atomic E-state index is 12.8. The number of nitrogens with one attached hydrogen (secondary N) is 2. The average molecular weight is 516 g/mol. The number of allylic oxidation sites excluding steroid dienone is 1. The predicted molar refractivity (Wildman–Crippen MR) is 134 cm³/mol. The van der Waals surface area contributed by atoms with Gasteiger partial charge in [0.15, 0.2) is 0 Å². The van der Waals surface area contributed by atoms with Gasteiger partial charge in [-0.05, 0) is 41.3 Å². The fraction of sp³-hybridized carbons (Fsp3) is 0.269. The molecule has 196 valence electrons. The summed E-state index contributed by atoms with van der Waals surface area (Å²) < 4.78 is 38.5. The minimum absolute atomic E-state index is 0.0278. The summed E-state index contributed by atoms with van der Waals surface area (Å²) in [4.78, 5) is 29.1. The number of hydrogen-bond acceptors (Lipinski definition) is 5. The van der Waals surface area contributed by atoms with Crippen molar-refractivity contribution < 1.29 is 28.5 Å². The molecule has 2 amide bonds. The molecule has 0 saturated heterocycles. The number of aliphatic imine (C=N–C) groups is 1. The molecule has 3 rings (SSSR count). The summed E-state index contributed by atoms with van der Waals surface area (Å²) in [6, 6.07) is 11.6. The molecule has 0 fully saturated rings. The number of nitrogens with zero attached hydrogens (tertiary/aromatic N) is 2. The molecule has 1 aliphatic carbocycles. The molecule has 7 N–H and O–H groups in total. The summed E-state index contributed by atoms with van der Waals surface area (Å²) in [5.41, 5.74) is 7.22. The van der Waals surface area contributed by atoms with Crippen LogP contribution in [0.5, 0.6) is 0 Å². The lowest BCUT2D eigenvalue weighted by atomic mass is 10.1. The number of halogens is 3. The van der Waals surface area contributed by atoms with Gasteiger partial charge in [-0.2, -0.15) is 13.2 Å². The van der Waals surface area contributed by atoms with E-state index < -0.39 is 23.7 Å². The maximum Gasteiger partial charge on any atom is 0.416 e. The first-order chi connectivity index (χ1) is 17.5. The zero-order chi connectivity index (χ0) is 27.2. The third-order valence-corrected chi connectivity index (χ3v) is 5.97. The predicted octanol–water partition coefficient (Wildman–Crippen LogP) is 1.97. The Morgan fingerprint density at radius 1 is 1.19 bits per heavy atom. The van der Waals surface area contributed by atoms with E-state index in [0.29, 0.717) is 17.6 Å². The molecule has 37 heavy (non-hydrogen) atoms. The number of alkyl halides is 3. The fourth-order valence-corrected chi connectivity index (χ4v) is 3.97. The Kier molecular flexibility index (Phi) is 8.85. The Morgan fingerprint density at radius 2 is 1.86 bits per heavy atom. The van der Waals surface area contributed by atoms with E-state index in [-0.39, 0.29) is 24.7 Å². The number of carbonyl (C=O) groups is 2. The highest BCUT2D eigenvalue weighted by Gasteiger charge is 2.30. The molecule has 0 bridgehead atoms. The molecule has 0 aromatic heterocycles. The molecule has 0 saturated carbocycles. The van der Waals surface area contributed by atoms with Gasteiger partial charge in [-0.25, -0.2) is 5.84 Å². The average Bonchev–Trinajstić information content (AvgIpc) is 3.19. The fourth-order valence-electron chi connectivity index (χ4n) is 3.97. The SMILES string of the molecule is CN=CC(NC(=O)/C([NH3+])=C/N(N)CCNC(=O)C1=C(C)c2ccccc2C1)c1ccc(C(F)(F)F)cc1. The van der Waals surface area contributed by atoms with E-state index >= 15 is 0 Å². The quantitative estimate of drug-likeness (QED) is 0.176. The van der Waals surface area contributed by atoms with Crippen LogP contribution in [0, 0.1) is 0 Å². The van der Waals surface area contributed by atoms with Gasteiger partial charge in [-0.1, -0.05) is 36.4 Å². The molecule has 1 aliphatic rings. The van der Waals surface area contributed by atoms with E-state index in [4.69, 9.17) is 5.84 Å². The number of quaternary nitrogens is 1. The first kappa shape index (κ1) is 27.6. The number of nitrogens with two attached hydrogens (primary N) is 1. The summed E-state index contributed by atoms with van der Waals surface area (Å²) in [5, 5.41) is 6.74. The molecule has 11 heteroatoms. The lowest BCUT2D eigenvalue weighted by Crippen LogP contribution is -2.56. The second-order valence-corrected chi connectivity index (χ2v) is 8.56. The Hall–Kier alpha value is -3.96. The smallest absolute Gasteiger partial charge is 0.350 e. The number of amides is 2. The van der Waals surface area contributed by atoms with E-state index in [2.05, 4.69) is 21.4 Å². The molecule has 2 aromatic rings. The highest BCUT2D eigenvalue weighted by Crippen LogP contribution is 2.32. The van der Waals surface area contributed by atoms with E-state index in [1.807, 2.05) is 31.2 Å². The van der Waals surface area contributed by atoms with Gasteiger partial charge in [0.05, 0.1) is 24.4 Å². The highest BCUT2D eigenvalue weighted by molar-refractivity contribution is 6.03. The number of fused-ring (bicyclic) bond motifs is 1. The number of carbonyl (C=O) groups excluding carboxylic acids is 2. The van der Waals surface area contributed by atoms with Gasteiger partial charge >= 0.3 is 12.1 Å². The lowest BCUT2D eigenvalue weighted by Gasteiger charge is -2.17. The first-order valence-electron chi connectivity index (χ1n) is 11.5. The molecule has 2 aromatic carbocycles. The van der Waals surface area contributed by atoms with Crippen molar-refractivity contribution in [2.24, 2.45) is 10.8 Å². The van der Waals surface area contributed by atoms with Gasteiger partial charge in [0.25, 0.3) is 0 Å². The van der Waals surface area contributed by atoms with E-state index in [9.17, 15) is 22.8 Å². The number of hydrazine groups is 1. The van der Waals surface area contributed by atoms with Crippen LogP contribution in [0.2, 0.25) is 0 Å². The van der Waals surface area contributed by atoms with Gasteiger partial charge in [-0.15, -0.1) is 0 Å². The molecule has 0 spiro atoms. The summed E-state index contributed by atoms with van der Waals surface area (Å²) in [6.07, 6.45) is -1.16. The van der Waals surface area contributed by atoms with Crippen LogP contribution in [0.4, 0.5) is 13.2 Å².